The number of ether oxygens (including phenoxy) is 5. The van der Waals surface area contributed by atoms with Gasteiger partial charge in [-0.25, -0.2) is 0 Å². The van der Waals surface area contributed by atoms with Gasteiger partial charge in [0.1, 0.15) is 6.54 Å². The number of nitrogens with zero attached hydrogens (tertiary/aromatic N) is 2. The Morgan fingerprint density at radius 1 is 0.683 bits per heavy atom. The smallest absolute Gasteiger partial charge is 0.303 e. The van der Waals surface area contributed by atoms with E-state index in [-0.39, 0.29) is 16.2 Å². The van der Waals surface area contributed by atoms with Crippen molar-refractivity contribution >= 4 is 43.3 Å². The number of rotatable bonds is 29. The van der Waals surface area contributed by atoms with Crippen molar-refractivity contribution in [3.05, 3.63) is 95.8 Å². The first kappa shape index (κ1) is 51.6. The summed E-state index contributed by atoms with van der Waals surface area (Å²) in [5, 5.41) is 9.19. The molecule has 0 amide bonds. The van der Waals surface area contributed by atoms with Gasteiger partial charge in [-0.15, -0.1) is 0 Å². The highest BCUT2D eigenvalue weighted by Crippen LogP contribution is 2.51. The lowest BCUT2D eigenvalue weighted by Gasteiger charge is -2.30. The third-order valence-electron chi connectivity index (χ3n) is 11.5. The number of hydrogen-bond donors (Lipinski definition) is 1. The molecule has 2 heterocycles. The van der Waals surface area contributed by atoms with Crippen LogP contribution in [0.1, 0.15) is 63.5 Å². The molecule has 2 aliphatic heterocycles. The Balaban J connectivity index is 1.71. The summed E-state index contributed by atoms with van der Waals surface area (Å²) in [4.78, 5) is 13.5. The summed E-state index contributed by atoms with van der Waals surface area (Å²) < 4.78 is 91.0. The predicted octanol–water partition coefficient (Wildman–Crippen LogP) is 6.44. The zero-order valence-corrected chi connectivity index (χ0v) is 39.3. The van der Waals surface area contributed by atoms with Crippen LogP contribution in [0.4, 0.5) is 11.4 Å². The molecule has 1 N–H and O–H groups in total. The monoisotopic (exact) mass is 917 g/mol. The number of methoxy groups -OCH3 is 3. The van der Waals surface area contributed by atoms with Gasteiger partial charge < -0.3 is 33.7 Å². The van der Waals surface area contributed by atoms with Gasteiger partial charge in [0.15, 0.2) is 5.71 Å². The Morgan fingerprint density at radius 2 is 1.25 bits per heavy atom. The van der Waals surface area contributed by atoms with E-state index in [1.165, 1.54) is 0 Å². The lowest BCUT2D eigenvalue weighted by Crippen LogP contribution is -2.33. The number of benzene rings is 2. The first-order chi connectivity index (χ1) is 30.1. The van der Waals surface area contributed by atoms with E-state index in [0.29, 0.717) is 85.0 Å². The van der Waals surface area contributed by atoms with E-state index in [2.05, 4.69) is 23.3 Å². The van der Waals surface area contributed by atoms with Gasteiger partial charge in [0, 0.05) is 88.4 Å². The van der Waals surface area contributed by atoms with Crippen LogP contribution in [-0.2, 0) is 67.9 Å². The maximum absolute atomic E-state index is 12.9. The van der Waals surface area contributed by atoms with Gasteiger partial charge in [0.05, 0.1) is 62.5 Å². The molecule has 348 valence electrons. The number of carbonyl (C=O) groups is 1. The van der Waals surface area contributed by atoms with Crippen LogP contribution in [0.2, 0.25) is 0 Å². The number of carboxylic acid groups (broad SMARTS) is 1. The molecule has 0 saturated heterocycles. The summed E-state index contributed by atoms with van der Waals surface area (Å²) >= 11 is 0. The number of fused-ring (bicyclic) bond motifs is 2. The summed E-state index contributed by atoms with van der Waals surface area (Å²) in [7, 11) is -0.764. The molecule has 2 unspecified atom stereocenters. The van der Waals surface area contributed by atoms with Crippen LogP contribution < -0.4 is 4.90 Å². The number of anilines is 1. The lowest BCUT2D eigenvalue weighted by atomic mass is 9.76. The molecule has 0 saturated carbocycles. The first-order valence-electron chi connectivity index (χ1n) is 21.0. The molecular weight excluding hydrogens is 853 g/mol. The molecular formula is C46H65N2O13S2+. The Hall–Kier alpha value is -4.04. The van der Waals surface area contributed by atoms with Crippen molar-refractivity contribution in [3.63, 3.8) is 0 Å². The maximum Gasteiger partial charge on any atom is 0.303 e. The SMILES string of the molecule is COCCOCCC1(C)C(=CC=CC=CC=CC2=[N+](CCCCCC(=O)O)c3ccc(S(=O)(=O)OC)cc3C2(C)CCOCCOC)N(CCOC)c2ccc(S(=O)(=O)OC)cc21. The molecule has 4 rings (SSSR count). The standard InChI is InChI=1S/C46H64N2O13S2/c1-45(23-27-60-32-30-56-4)38-34-36(62(51,52)58-6)19-21-40(38)47(25-15-11-14-18-44(49)50)42(45)16-12-9-8-10-13-17-43-46(2,24-28-61-33-31-57-5)39-35-37(63(53,54)59-7)20-22-41(39)48(43)26-29-55-3/h8-10,12-13,16-17,19-22,34-35H,11,14-15,18,23-33H2,1-7H3/p+1. The Bertz CT molecular complexity index is 2230. The molecule has 0 bridgehead atoms. The van der Waals surface area contributed by atoms with Gasteiger partial charge in [0.2, 0.25) is 5.69 Å². The van der Waals surface area contributed by atoms with Gasteiger partial charge in [-0.3, -0.25) is 13.2 Å². The van der Waals surface area contributed by atoms with Crippen molar-refractivity contribution in [1.29, 1.82) is 0 Å². The second-order valence-electron chi connectivity index (χ2n) is 15.5. The second kappa shape index (κ2) is 24.3. The van der Waals surface area contributed by atoms with E-state index in [4.69, 9.17) is 32.1 Å². The van der Waals surface area contributed by atoms with Crippen molar-refractivity contribution in [3.8, 4) is 0 Å². The van der Waals surface area contributed by atoms with Crippen molar-refractivity contribution in [2.45, 2.75) is 73.0 Å². The molecule has 0 fully saturated rings. The van der Waals surface area contributed by atoms with Crippen molar-refractivity contribution in [2.75, 3.05) is 99.8 Å². The minimum Gasteiger partial charge on any atom is -0.481 e. The van der Waals surface area contributed by atoms with E-state index >= 15 is 0 Å². The largest absolute Gasteiger partial charge is 0.481 e. The van der Waals surface area contributed by atoms with Gasteiger partial charge in [-0.2, -0.15) is 21.4 Å². The molecule has 2 atom stereocenters. The number of carboxylic acids is 1. The number of aliphatic carboxylic acids is 1. The molecule has 0 aliphatic carbocycles. The van der Waals surface area contributed by atoms with Crippen LogP contribution in [0.15, 0.2) is 94.4 Å². The van der Waals surface area contributed by atoms with Gasteiger partial charge in [0.25, 0.3) is 20.2 Å². The van der Waals surface area contributed by atoms with E-state index in [9.17, 15) is 26.7 Å². The van der Waals surface area contributed by atoms with E-state index in [1.807, 2.05) is 54.7 Å². The lowest BCUT2D eigenvalue weighted by molar-refractivity contribution is -0.438. The first-order valence-corrected chi connectivity index (χ1v) is 23.9. The Morgan fingerprint density at radius 3 is 1.86 bits per heavy atom. The van der Waals surface area contributed by atoms with E-state index in [1.54, 1.807) is 45.6 Å². The minimum absolute atomic E-state index is 0.0578. The quantitative estimate of drug-likeness (QED) is 0.0408. The van der Waals surface area contributed by atoms with E-state index in [0.717, 1.165) is 54.6 Å². The molecule has 2 aromatic rings. The van der Waals surface area contributed by atoms with Crippen molar-refractivity contribution in [1.82, 2.24) is 0 Å². The van der Waals surface area contributed by atoms with Gasteiger partial charge in [-0.05, 0) is 81.5 Å². The molecule has 2 aliphatic rings. The maximum atomic E-state index is 12.9. The molecule has 17 heteroatoms. The topological polar surface area (TPSA) is 176 Å². The summed E-state index contributed by atoms with van der Waals surface area (Å²) in [5.74, 6) is -0.829. The molecule has 15 nitrogen and oxygen atoms in total. The van der Waals surface area contributed by atoms with Crippen LogP contribution in [0.25, 0.3) is 0 Å². The highest BCUT2D eigenvalue weighted by molar-refractivity contribution is 7.87. The Labute approximate surface area is 373 Å². The number of unbranched alkanes of at least 4 members (excludes halogenated alkanes) is 2. The Kier molecular flexibility index (Phi) is 19.9. The average Bonchev–Trinajstić information content (AvgIpc) is 3.64. The zero-order chi connectivity index (χ0) is 46.1. The molecule has 0 aromatic heterocycles. The van der Waals surface area contributed by atoms with Crippen LogP contribution >= 0.6 is 0 Å². The van der Waals surface area contributed by atoms with Crippen LogP contribution in [-0.4, -0.2) is 133 Å². The summed E-state index contributed by atoms with van der Waals surface area (Å²) in [6.45, 7) is 8.27. The zero-order valence-electron chi connectivity index (χ0n) is 37.7. The minimum atomic E-state index is -3.98. The molecule has 0 spiro atoms. The number of hydrogen-bond acceptors (Lipinski definition) is 13. The summed E-state index contributed by atoms with van der Waals surface area (Å²) in [6.07, 6.45) is 16.9. The molecule has 63 heavy (non-hydrogen) atoms. The molecule has 0 radical (unpaired) electrons. The van der Waals surface area contributed by atoms with Crippen LogP contribution in [0.5, 0.6) is 0 Å². The summed E-state index contributed by atoms with van der Waals surface area (Å²) in [5.41, 5.74) is 4.02. The third-order valence-corrected chi connectivity index (χ3v) is 14.1. The molecule has 2 aromatic carbocycles. The van der Waals surface area contributed by atoms with Crippen LogP contribution in [0.3, 0.4) is 0 Å². The van der Waals surface area contributed by atoms with Crippen molar-refractivity contribution in [2.24, 2.45) is 0 Å². The number of allylic oxidation sites excluding steroid dienone is 8. The van der Waals surface area contributed by atoms with Gasteiger partial charge in [-0.1, -0.05) is 30.4 Å². The van der Waals surface area contributed by atoms with Crippen LogP contribution in [0, 0.1) is 0 Å². The average molecular weight is 918 g/mol. The van der Waals surface area contributed by atoms with Crippen molar-refractivity contribution < 1.29 is 63.4 Å². The normalized spacial score (nSPS) is 19.7. The third kappa shape index (κ3) is 13.0. The fourth-order valence-corrected chi connectivity index (χ4v) is 9.39. The summed E-state index contributed by atoms with van der Waals surface area (Å²) in [6, 6.07) is 10.1. The highest BCUT2D eigenvalue weighted by atomic mass is 32.2. The fourth-order valence-electron chi connectivity index (χ4n) is 8.01. The predicted molar refractivity (Wildman–Crippen MR) is 241 cm³/mol. The van der Waals surface area contributed by atoms with E-state index < -0.39 is 37.0 Å². The fraction of sp³-hybridized carbons (Fsp3) is 0.522. The second-order valence-corrected chi connectivity index (χ2v) is 19.0. The highest BCUT2D eigenvalue weighted by Gasteiger charge is 2.48. The van der Waals surface area contributed by atoms with Gasteiger partial charge >= 0.3 is 5.97 Å².